The van der Waals surface area contributed by atoms with Crippen molar-refractivity contribution in [2.45, 2.75) is 83.6 Å². The standard InChI is InChI=1S/C27H35ClN5PS/c1-4-7-19(25(30)20-9-5-10-22-24(20)21(15-29)27(34)35-22)16(2)26-31-17(14-23(28)32-26)11-12-18-8-6-13-33(18)3/h14,18,20,30H,4-13,34H2,1-3H3/b19-16+,30-25?/t18-,20-/m0/s1. The SMILES string of the molecule is CCC/C(C(=N)[C@H]1CCCc2sc(P)c(C#N)c21)=C(/C)c1nc(Cl)cc(CC[C@@H]2CCCN2C)n1. The van der Waals surface area contributed by atoms with E-state index in [1.54, 1.807) is 11.3 Å². The lowest BCUT2D eigenvalue weighted by atomic mass is 9.78. The minimum atomic E-state index is -0.0491. The van der Waals surface area contributed by atoms with Crippen LogP contribution in [0.25, 0.3) is 5.57 Å². The number of rotatable bonds is 8. The van der Waals surface area contributed by atoms with Crippen LogP contribution in [-0.4, -0.2) is 40.2 Å². The third kappa shape index (κ3) is 5.70. The summed E-state index contributed by atoms with van der Waals surface area (Å²) in [5.74, 6) is 0.584. The number of hydrogen-bond acceptors (Lipinski definition) is 6. The summed E-state index contributed by atoms with van der Waals surface area (Å²) in [6.07, 6.45) is 9.11. The van der Waals surface area contributed by atoms with E-state index in [0.29, 0.717) is 22.7 Å². The maximum atomic E-state index is 9.82. The average molecular weight is 528 g/mol. The number of aryl methyl sites for hydroxylation is 2. The van der Waals surface area contributed by atoms with Crippen LogP contribution >= 0.6 is 32.2 Å². The van der Waals surface area contributed by atoms with Crippen molar-refractivity contribution in [3.63, 3.8) is 0 Å². The van der Waals surface area contributed by atoms with Crippen molar-refractivity contribution in [3.05, 3.63) is 44.3 Å². The van der Waals surface area contributed by atoms with Gasteiger partial charge in [0, 0.05) is 32.9 Å². The fourth-order valence-corrected chi connectivity index (χ4v) is 7.59. The number of aromatic nitrogens is 2. The normalized spacial score (nSPS) is 20.9. The number of fused-ring (bicyclic) bond motifs is 1. The van der Waals surface area contributed by atoms with Gasteiger partial charge in [0.25, 0.3) is 0 Å². The van der Waals surface area contributed by atoms with Crippen molar-refractivity contribution in [1.82, 2.24) is 14.9 Å². The van der Waals surface area contributed by atoms with E-state index in [1.807, 2.05) is 13.0 Å². The molecule has 8 heteroatoms. The monoisotopic (exact) mass is 527 g/mol. The van der Waals surface area contributed by atoms with Gasteiger partial charge in [-0.25, -0.2) is 9.97 Å². The fourth-order valence-electron chi connectivity index (χ4n) is 5.62. The molecule has 0 spiro atoms. The molecule has 186 valence electrons. The van der Waals surface area contributed by atoms with Crippen LogP contribution in [0.3, 0.4) is 0 Å². The zero-order valence-electron chi connectivity index (χ0n) is 21.0. The molecule has 1 aliphatic carbocycles. The Balaban J connectivity index is 1.66. The van der Waals surface area contributed by atoms with E-state index < -0.39 is 0 Å². The summed E-state index contributed by atoms with van der Waals surface area (Å²) in [5, 5.41) is 19.6. The van der Waals surface area contributed by atoms with Crippen LogP contribution in [0, 0.1) is 16.7 Å². The van der Waals surface area contributed by atoms with Gasteiger partial charge in [-0.1, -0.05) is 34.2 Å². The molecule has 2 aromatic rings. The minimum absolute atomic E-state index is 0.0491. The smallest absolute Gasteiger partial charge is 0.157 e. The highest BCUT2D eigenvalue weighted by Gasteiger charge is 2.32. The van der Waals surface area contributed by atoms with Crippen molar-refractivity contribution in [2.75, 3.05) is 13.6 Å². The first-order valence-electron chi connectivity index (χ1n) is 12.7. The van der Waals surface area contributed by atoms with Crippen LogP contribution in [0.5, 0.6) is 0 Å². The summed E-state index contributed by atoms with van der Waals surface area (Å²) in [7, 11) is 4.92. The molecule has 1 N–H and O–H groups in total. The third-order valence-electron chi connectivity index (χ3n) is 7.52. The highest BCUT2D eigenvalue weighted by atomic mass is 35.5. The van der Waals surface area contributed by atoms with Gasteiger partial charge in [-0.3, -0.25) is 0 Å². The molecule has 1 unspecified atom stereocenters. The highest BCUT2D eigenvalue weighted by Crippen LogP contribution is 2.41. The summed E-state index contributed by atoms with van der Waals surface area (Å²) in [6, 6.07) is 4.90. The summed E-state index contributed by atoms with van der Waals surface area (Å²) >= 11 is 8.16. The molecule has 0 aromatic carbocycles. The Bertz CT molecular complexity index is 1180. The zero-order chi connectivity index (χ0) is 25.1. The minimum Gasteiger partial charge on any atom is -0.304 e. The van der Waals surface area contributed by atoms with Gasteiger partial charge in [0.05, 0.1) is 5.56 Å². The maximum absolute atomic E-state index is 9.82. The van der Waals surface area contributed by atoms with Crippen LogP contribution in [0.4, 0.5) is 0 Å². The molecular weight excluding hydrogens is 493 g/mol. The van der Waals surface area contributed by atoms with E-state index in [2.05, 4.69) is 39.2 Å². The number of likely N-dealkylation sites (tertiary alicyclic amines) is 1. The Morgan fingerprint density at radius 2 is 2.14 bits per heavy atom. The molecule has 2 aromatic heterocycles. The molecule has 5 nitrogen and oxygen atoms in total. The molecule has 3 heterocycles. The van der Waals surface area contributed by atoms with Gasteiger partial charge in [-0.2, -0.15) is 5.26 Å². The first kappa shape index (κ1) is 26.4. The molecule has 35 heavy (non-hydrogen) atoms. The Hall–Kier alpha value is -1.64. The van der Waals surface area contributed by atoms with Crippen molar-refractivity contribution in [1.29, 1.82) is 10.7 Å². The second-order valence-corrected chi connectivity index (χ2v) is 12.3. The van der Waals surface area contributed by atoms with Crippen molar-refractivity contribution in [3.8, 4) is 6.07 Å². The third-order valence-corrected chi connectivity index (χ3v) is 9.45. The van der Waals surface area contributed by atoms with Crippen LogP contribution in [-0.2, 0) is 12.8 Å². The van der Waals surface area contributed by atoms with Gasteiger partial charge in [0.1, 0.15) is 11.2 Å². The lowest BCUT2D eigenvalue weighted by Crippen LogP contribution is -2.25. The Labute approximate surface area is 220 Å². The number of nitrogens with zero attached hydrogens (tertiary/aromatic N) is 4. The predicted molar refractivity (Wildman–Crippen MR) is 150 cm³/mol. The molecule has 0 amide bonds. The van der Waals surface area contributed by atoms with Crippen LogP contribution in [0.2, 0.25) is 5.15 Å². The molecular formula is C27H35ClN5PS. The molecule has 2 aliphatic rings. The summed E-state index contributed by atoms with van der Waals surface area (Å²) in [5.41, 5.74) is 5.34. The lowest BCUT2D eigenvalue weighted by molar-refractivity contribution is 0.296. The van der Waals surface area contributed by atoms with E-state index in [9.17, 15) is 10.7 Å². The summed E-state index contributed by atoms with van der Waals surface area (Å²) < 4.78 is 0.991. The second-order valence-electron chi connectivity index (χ2n) is 9.82. The first-order chi connectivity index (χ1) is 16.8. The zero-order valence-corrected chi connectivity index (χ0v) is 23.7. The van der Waals surface area contributed by atoms with Crippen molar-refractivity contribution in [2.24, 2.45) is 0 Å². The van der Waals surface area contributed by atoms with E-state index in [0.717, 1.165) is 77.5 Å². The fraction of sp³-hybridized carbons (Fsp3) is 0.556. The number of nitriles is 1. The van der Waals surface area contributed by atoms with Gasteiger partial charge < -0.3 is 10.3 Å². The molecule has 3 atom stereocenters. The Morgan fingerprint density at radius 3 is 2.83 bits per heavy atom. The maximum Gasteiger partial charge on any atom is 0.157 e. The number of hydrogen-bond donors (Lipinski definition) is 1. The molecule has 1 aliphatic heterocycles. The molecule has 0 radical (unpaired) electrons. The predicted octanol–water partition coefficient (Wildman–Crippen LogP) is 6.30. The lowest BCUT2D eigenvalue weighted by Gasteiger charge is -2.26. The molecule has 1 saturated heterocycles. The van der Waals surface area contributed by atoms with Crippen molar-refractivity contribution >= 4 is 48.1 Å². The van der Waals surface area contributed by atoms with Crippen molar-refractivity contribution < 1.29 is 0 Å². The van der Waals surface area contributed by atoms with Crippen LogP contribution < -0.4 is 4.62 Å². The van der Waals surface area contributed by atoms with E-state index in [4.69, 9.17) is 16.6 Å². The number of allylic oxidation sites excluding steroid dienone is 2. The second kappa shape index (κ2) is 11.6. The number of thiophene rings is 1. The van der Waals surface area contributed by atoms with Crippen LogP contribution in [0.1, 0.15) is 92.2 Å². The first-order valence-corrected chi connectivity index (χ1v) is 14.4. The van der Waals surface area contributed by atoms with Crippen LogP contribution in [0.15, 0.2) is 11.6 Å². The largest absolute Gasteiger partial charge is 0.304 e. The van der Waals surface area contributed by atoms with E-state index >= 15 is 0 Å². The number of nitrogens with one attached hydrogen (secondary N) is 1. The Morgan fingerprint density at radius 1 is 1.34 bits per heavy atom. The topological polar surface area (TPSA) is 76.7 Å². The van der Waals surface area contributed by atoms with Gasteiger partial charge in [-0.15, -0.1) is 11.3 Å². The van der Waals surface area contributed by atoms with E-state index in [1.165, 1.54) is 24.3 Å². The molecule has 0 saturated carbocycles. The average Bonchev–Trinajstić information content (AvgIpc) is 3.40. The summed E-state index contributed by atoms with van der Waals surface area (Å²) in [6.45, 7) is 5.34. The molecule has 1 fully saturated rings. The quantitative estimate of drug-likeness (QED) is 0.248. The van der Waals surface area contributed by atoms with E-state index in [-0.39, 0.29) is 5.92 Å². The van der Waals surface area contributed by atoms with Gasteiger partial charge >= 0.3 is 0 Å². The summed E-state index contributed by atoms with van der Waals surface area (Å²) in [4.78, 5) is 13.2. The van der Waals surface area contributed by atoms with Gasteiger partial charge in [0.2, 0.25) is 0 Å². The molecule has 4 rings (SSSR count). The Kier molecular flexibility index (Phi) is 8.76. The highest BCUT2D eigenvalue weighted by molar-refractivity contribution is 7.43. The van der Waals surface area contributed by atoms with Gasteiger partial charge in [-0.05, 0) is 94.7 Å². The van der Waals surface area contributed by atoms with Gasteiger partial charge in [0.15, 0.2) is 5.82 Å². The number of halogens is 1. The molecule has 0 bridgehead atoms.